The van der Waals surface area contributed by atoms with Gasteiger partial charge in [-0.3, -0.25) is 0 Å². The Hall–Kier alpha value is -0.150. The fourth-order valence-corrected chi connectivity index (χ4v) is 0.317. The summed E-state index contributed by atoms with van der Waals surface area (Å²) in [6.07, 6.45) is 0. The zero-order valence-corrected chi connectivity index (χ0v) is 4.45. The molecule has 3 heteroatoms. The van der Waals surface area contributed by atoms with Gasteiger partial charge in [0.1, 0.15) is 6.67 Å². The summed E-state index contributed by atoms with van der Waals surface area (Å²) in [7, 11) is 1.75. The van der Waals surface area contributed by atoms with Gasteiger partial charge in [0, 0.05) is 12.6 Å². The summed E-state index contributed by atoms with van der Waals surface area (Å²) in [6, 6.07) is -0.329. The summed E-state index contributed by atoms with van der Waals surface area (Å²) in [5.74, 6) is 0. The lowest BCUT2D eigenvalue weighted by Crippen LogP contribution is -2.33. The molecule has 0 aromatic rings. The first kappa shape index (κ1) is 6.85. The highest BCUT2D eigenvalue weighted by molar-refractivity contribution is 4.59. The summed E-state index contributed by atoms with van der Waals surface area (Å²) >= 11 is 0. The molecule has 44 valence electrons. The Labute approximate surface area is 42.9 Å². The van der Waals surface area contributed by atoms with Crippen LogP contribution in [0.3, 0.4) is 0 Å². The van der Waals surface area contributed by atoms with E-state index >= 15 is 0 Å². The second kappa shape index (κ2) is 4.02. The van der Waals surface area contributed by atoms with Gasteiger partial charge in [-0.05, 0) is 7.05 Å². The van der Waals surface area contributed by atoms with Gasteiger partial charge < -0.3 is 11.1 Å². The van der Waals surface area contributed by atoms with Crippen molar-refractivity contribution in [3.05, 3.63) is 0 Å². The zero-order chi connectivity index (χ0) is 5.70. The normalized spacial score (nSPS) is 14.1. The Morgan fingerprint density at radius 2 is 2.43 bits per heavy atom. The van der Waals surface area contributed by atoms with Crippen molar-refractivity contribution in [2.45, 2.75) is 6.04 Å². The van der Waals surface area contributed by atoms with Gasteiger partial charge in [-0.2, -0.15) is 0 Å². The lowest BCUT2D eigenvalue weighted by atomic mass is 10.3. The van der Waals surface area contributed by atoms with Crippen LogP contribution < -0.4 is 11.1 Å². The van der Waals surface area contributed by atoms with E-state index in [0.29, 0.717) is 6.54 Å². The molecule has 0 bridgehead atoms. The first-order valence-electron chi connectivity index (χ1n) is 2.27. The highest BCUT2D eigenvalue weighted by Crippen LogP contribution is 1.73. The molecule has 0 aromatic carbocycles. The van der Waals surface area contributed by atoms with Crippen LogP contribution in [0.5, 0.6) is 0 Å². The molecule has 7 heavy (non-hydrogen) atoms. The monoisotopic (exact) mass is 106 g/mol. The Morgan fingerprint density at radius 1 is 1.86 bits per heavy atom. The summed E-state index contributed by atoms with van der Waals surface area (Å²) in [6.45, 7) is 0.108. The highest BCUT2D eigenvalue weighted by atomic mass is 19.1. The minimum atomic E-state index is -0.444. The van der Waals surface area contributed by atoms with Crippen molar-refractivity contribution in [1.29, 1.82) is 0 Å². The van der Waals surface area contributed by atoms with E-state index in [0.717, 1.165) is 0 Å². The molecule has 0 radical (unpaired) electrons. The molecule has 1 unspecified atom stereocenters. The SMILES string of the molecule is CNCC(N)CF. The molecule has 0 fully saturated rings. The van der Waals surface area contributed by atoms with Crippen molar-refractivity contribution in [1.82, 2.24) is 5.32 Å². The van der Waals surface area contributed by atoms with E-state index in [1.54, 1.807) is 7.05 Å². The standard InChI is InChI=1S/C4H11FN2/c1-7-3-4(6)2-5/h4,7H,2-3,6H2,1H3. The number of nitrogens with one attached hydrogen (secondary N) is 1. The summed E-state index contributed by atoms with van der Waals surface area (Å²) in [5, 5.41) is 2.75. The Balaban J connectivity index is 2.83. The van der Waals surface area contributed by atoms with Crippen LogP contribution in [0.4, 0.5) is 4.39 Å². The highest BCUT2D eigenvalue weighted by Gasteiger charge is 1.95. The van der Waals surface area contributed by atoms with Crippen LogP contribution in [-0.4, -0.2) is 26.3 Å². The second-order valence-electron chi connectivity index (χ2n) is 1.47. The number of halogens is 1. The number of rotatable bonds is 3. The lowest BCUT2D eigenvalue weighted by molar-refractivity contribution is 0.420. The van der Waals surface area contributed by atoms with E-state index in [9.17, 15) is 4.39 Å². The predicted octanol–water partition coefficient (Wildman–Crippen LogP) is -0.497. The average molecular weight is 106 g/mol. The summed E-state index contributed by atoms with van der Waals surface area (Å²) in [4.78, 5) is 0. The quantitative estimate of drug-likeness (QED) is 0.509. The van der Waals surface area contributed by atoms with Crippen LogP contribution in [0.25, 0.3) is 0 Å². The van der Waals surface area contributed by atoms with Crippen molar-refractivity contribution in [2.75, 3.05) is 20.3 Å². The molecule has 0 saturated carbocycles. The van der Waals surface area contributed by atoms with Gasteiger partial charge in [-0.15, -0.1) is 0 Å². The average Bonchev–Trinajstić information content (AvgIpc) is 1.68. The lowest BCUT2D eigenvalue weighted by Gasteiger charge is -2.02. The van der Waals surface area contributed by atoms with E-state index in [1.807, 2.05) is 0 Å². The minimum Gasteiger partial charge on any atom is -0.324 e. The molecule has 3 N–H and O–H groups in total. The molecule has 0 aromatic heterocycles. The number of hydrogen-bond donors (Lipinski definition) is 2. The Bertz CT molecular complexity index is 40.7. The zero-order valence-electron chi connectivity index (χ0n) is 4.45. The first-order valence-corrected chi connectivity index (χ1v) is 2.27. The molecular weight excluding hydrogens is 95.1 g/mol. The van der Waals surface area contributed by atoms with Crippen molar-refractivity contribution in [3.63, 3.8) is 0 Å². The van der Waals surface area contributed by atoms with Gasteiger partial charge in [0.05, 0.1) is 0 Å². The molecule has 0 rings (SSSR count). The maximum Gasteiger partial charge on any atom is 0.106 e. The Kier molecular flexibility index (Phi) is 3.93. The third kappa shape index (κ3) is 3.69. The van der Waals surface area contributed by atoms with Crippen LogP contribution in [0.1, 0.15) is 0 Å². The molecular formula is C4H11FN2. The number of alkyl halides is 1. The fourth-order valence-electron chi connectivity index (χ4n) is 0.317. The van der Waals surface area contributed by atoms with E-state index in [-0.39, 0.29) is 6.04 Å². The molecule has 0 aliphatic heterocycles. The number of nitrogens with two attached hydrogens (primary N) is 1. The van der Waals surface area contributed by atoms with Crippen LogP contribution in [-0.2, 0) is 0 Å². The molecule has 0 aliphatic carbocycles. The third-order valence-electron chi connectivity index (χ3n) is 0.665. The molecule has 0 heterocycles. The van der Waals surface area contributed by atoms with Gasteiger partial charge in [0.2, 0.25) is 0 Å². The molecule has 0 saturated heterocycles. The van der Waals surface area contributed by atoms with Gasteiger partial charge >= 0.3 is 0 Å². The predicted molar refractivity (Wildman–Crippen MR) is 27.9 cm³/mol. The first-order chi connectivity index (χ1) is 3.31. The van der Waals surface area contributed by atoms with Crippen LogP contribution in [0.2, 0.25) is 0 Å². The van der Waals surface area contributed by atoms with Gasteiger partial charge in [-0.1, -0.05) is 0 Å². The van der Waals surface area contributed by atoms with E-state index in [1.165, 1.54) is 0 Å². The maximum atomic E-state index is 11.4. The van der Waals surface area contributed by atoms with E-state index in [4.69, 9.17) is 5.73 Å². The van der Waals surface area contributed by atoms with Crippen molar-refractivity contribution < 1.29 is 4.39 Å². The summed E-state index contributed by atoms with van der Waals surface area (Å²) in [5.41, 5.74) is 5.15. The van der Waals surface area contributed by atoms with Crippen LogP contribution >= 0.6 is 0 Å². The fraction of sp³-hybridized carbons (Fsp3) is 1.00. The number of hydrogen-bond acceptors (Lipinski definition) is 2. The van der Waals surface area contributed by atoms with E-state index < -0.39 is 6.67 Å². The largest absolute Gasteiger partial charge is 0.324 e. The van der Waals surface area contributed by atoms with Crippen molar-refractivity contribution in [3.8, 4) is 0 Å². The number of likely N-dealkylation sites (N-methyl/N-ethyl adjacent to an activating group) is 1. The van der Waals surface area contributed by atoms with Crippen LogP contribution in [0, 0.1) is 0 Å². The third-order valence-corrected chi connectivity index (χ3v) is 0.665. The van der Waals surface area contributed by atoms with Crippen molar-refractivity contribution in [2.24, 2.45) is 5.73 Å². The minimum absolute atomic E-state index is 0.329. The molecule has 0 aliphatic rings. The van der Waals surface area contributed by atoms with Gasteiger partial charge in [0.25, 0.3) is 0 Å². The topological polar surface area (TPSA) is 38.0 Å². The van der Waals surface area contributed by atoms with Gasteiger partial charge in [0.15, 0.2) is 0 Å². The van der Waals surface area contributed by atoms with Crippen LogP contribution in [0.15, 0.2) is 0 Å². The molecule has 2 nitrogen and oxygen atoms in total. The smallest absolute Gasteiger partial charge is 0.106 e. The molecule has 0 amide bonds. The molecule has 0 spiro atoms. The second-order valence-corrected chi connectivity index (χ2v) is 1.47. The van der Waals surface area contributed by atoms with Crippen molar-refractivity contribution >= 4 is 0 Å². The Morgan fingerprint density at radius 3 is 2.57 bits per heavy atom. The maximum absolute atomic E-state index is 11.4. The van der Waals surface area contributed by atoms with Gasteiger partial charge in [-0.25, -0.2) is 4.39 Å². The molecule has 1 atom stereocenters. The summed E-state index contributed by atoms with van der Waals surface area (Å²) < 4.78 is 11.4. The van der Waals surface area contributed by atoms with E-state index in [2.05, 4.69) is 5.32 Å².